The molecule has 9 heteroatoms. The number of alkyl halides is 3. The summed E-state index contributed by atoms with van der Waals surface area (Å²) in [7, 11) is 0. The fraction of sp³-hybridized carbons (Fsp3) is 0.353. The second-order valence-corrected chi connectivity index (χ2v) is 6.52. The topological polar surface area (TPSA) is 47.2 Å². The Kier molecular flexibility index (Phi) is 7.12. The van der Waals surface area contributed by atoms with Crippen molar-refractivity contribution in [3.8, 4) is 17.3 Å². The second-order valence-electron chi connectivity index (χ2n) is 5.29. The zero-order valence-corrected chi connectivity index (χ0v) is 16.1. The minimum Gasteiger partial charge on any atom is -0.355 e. The molecule has 0 bridgehead atoms. The summed E-state index contributed by atoms with van der Waals surface area (Å²) in [6, 6.07) is 8.02. The lowest BCUT2D eigenvalue weighted by molar-refractivity contribution is -0.149. The highest BCUT2D eigenvalue weighted by Gasteiger charge is 2.40. The van der Waals surface area contributed by atoms with Crippen molar-refractivity contribution in [1.82, 2.24) is 4.57 Å². The van der Waals surface area contributed by atoms with Crippen LogP contribution in [0.25, 0.3) is 11.3 Å². The third kappa shape index (κ3) is 4.60. The molecule has 140 valence electrons. The molecule has 0 unspecified atom stereocenters. The fourth-order valence-electron chi connectivity index (χ4n) is 2.39. The molecule has 1 heterocycles. The predicted molar refractivity (Wildman–Crippen MR) is 94.5 cm³/mol. The number of benzene rings is 1. The molecule has 0 aliphatic rings. The van der Waals surface area contributed by atoms with E-state index in [2.05, 4.69) is 15.9 Å². The van der Waals surface area contributed by atoms with E-state index < -0.39 is 18.6 Å². The standard InChI is InChI=1S/C17H15BrClF3N2O2/c1-2-7-25-10-26-9-24-15(11-3-5-12(19)6-4-11)13(8-23)14(18)16(24)17(20,21)22/h3-6H,2,7,9-10H2,1H3. The summed E-state index contributed by atoms with van der Waals surface area (Å²) < 4.78 is 51.7. The Balaban J connectivity index is 2.53. The van der Waals surface area contributed by atoms with Crippen LogP contribution in [-0.2, 0) is 22.4 Å². The van der Waals surface area contributed by atoms with Gasteiger partial charge in [0, 0.05) is 11.6 Å². The molecule has 2 rings (SSSR count). The highest BCUT2D eigenvalue weighted by molar-refractivity contribution is 9.10. The minimum absolute atomic E-state index is 0.0962. The van der Waals surface area contributed by atoms with Crippen molar-refractivity contribution in [1.29, 1.82) is 5.26 Å². The zero-order valence-electron chi connectivity index (χ0n) is 13.7. The summed E-state index contributed by atoms with van der Waals surface area (Å²) in [4.78, 5) is 0. The first kappa shape index (κ1) is 20.8. The molecule has 0 aliphatic carbocycles. The van der Waals surface area contributed by atoms with E-state index in [1.165, 1.54) is 0 Å². The molecule has 0 N–H and O–H groups in total. The maximum atomic E-state index is 13.6. The quantitative estimate of drug-likeness (QED) is 0.394. The van der Waals surface area contributed by atoms with Gasteiger partial charge in [0.25, 0.3) is 0 Å². The van der Waals surface area contributed by atoms with E-state index in [1.54, 1.807) is 24.3 Å². The van der Waals surface area contributed by atoms with Crippen LogP contribution in [0, 0.1) is 11.3 Å². The van der Waals surface area contributed by atoms with E-state index >= 15 is 0 Å². The first-order chi connectivity index (χ1) is 12.3. The van der Waals surface area contributed by atoms with Gasteiger partial charge >= 0.3 is 6.18 Å². The van der Waals surface area contributed by atoms with Crippen molar-refractivity contribution in [3.63, 3.8) is 0 Å². The Hall–Kier alpha value is -1.53. The van der Waals surface area contributed by atoms with Crippen LogP contribution >= 0.6 is 27.5 Å². The van der Waals surface area contributed by atoms with Crippen molar-refractivity contribution in [2.75, 3.05) is 13.4 Å². The van der Waals surface area contributed by atoms with Crippen LogP contribution in [0.1, 0.15) is 24.6 Å². The highest BCUT2D eigenvalue weighted by atomic mass is 79.9. The number of aromatic nitrogens is 1. The Labute approximate surface area is 162 Å². The molecule has 1 aromatic heterocycles. The Morgan fingerprint density at radius 2 is 1.88 bits per heavy atom. The average molecular weight is 452 g/mol. The van der Waals surface area contributed by atoms with E-state index in [0.717, 1.165) is 11.0 Å². The first-order valence-corrected chi connectivity index (χ1v) is 8.79. The van der Waals surface area contributed by atoms with Crippen molar-refractivity contribution in [2.45, 2.75) is 26.3 Å². The Morgan fingerprint density at radius 1 is 1.23 bits per heavy atom. The van der Waals surface area contributed by atoms with Crippen LogP contribution < -0.4 is 0 Å². The molecule has 0 saturated heterocycles. The number of ether oxygens (including phenoxy) is 2. The largest absolute Gasteiger partial charge is 0.432 e. The van der Waals surface area contributed by atoms with Gasteiger partial charge in [-0.15, -0.1) is 0 Å². The third-order valence-corrected chi connectivity index (χ3v) is 4.46. The molecule has 0 fully saturated rings. The summed E-state index contributed by atoms with van der Waals surface area (Å²) in [6.07, 6.45) is -3.91. The maximum Gasteiger partial charge on any atom is 0.432 e. The van der Waals surface area contributed by atoms with E-state index in [9.17, 15) is 18.4 Å². The highest BCUT2D eigenvalue weighted by Crippen LogP contribution is 2.43. The fourth-order valence-corrected chi connectivity index (χ4v) is 3.24. The van der Waals surface area contributed by atoms with Crippen LogP contribution in [0.2, 0.25) is 5.02 Å². The Bertz CT molecular complexity index is 798. The van der Waals surface area contributed by atoms with Gasteiger partial charge in [-0.05, 0) is 40.0 Å². The van der Waals surface area contributed by atoms with Crippen LogP contribution in [0.5, 0.6) is 0 Å². The molecule has 0 spiro atoms. The molecule has 0 saturated carbocycles. The van der Waals surface area contributed by atoms with Gasteiger partial charge in [0.15, 0.2) is 0 Å². The van der Waals surface area contributed by atoms with Crippen LogP contribution in [0.4, 0.5) is 13.2 Å². The lowest BCUT2D eigenvalue weighted by atomic mass is 10.1. The smallest absolute Gasteiger partial charge is 0.355 e. The molecule has 0 aliphatic heterocycles. The number of nitrogens with zero attached hydrogens (tertiary/aromatic N) is 2. The molecule has 1 aromatic carbocycles. The van der Waals surface area contributed by atoms with Gasteiger partial charge in [-0.3, -0.25) is 0 Å². The van der Waals surface area contributed by atoms with Crippen LogP contribution in [0.15, 0.2) is 28.7 Å². The Morgan fingerprint density at radius 3 is 2.42 bits per heavy atom. The number of halogens is 5. The van der Waals surface area contributed by atoms with Gasteiger partial charge in [-0.2, -0.15) is 18.4 Å². The van der Waals surface area contributed by atoms with Gasteiger partial charge in [0.2, 0.25) is 0 Å². The molecular weight excluding hydrogens is 437 g/mol. The van der Waals surface area contributed by atoms with Gasteiger partial charge in [0.1, 0.15) is 25.3 Å². The molecule has 26 heavy (non-hydrogen) atoms. The van der Waals surface area contributed by atoms with Gasteiger partial charge in [-0.1, -0.05) is 30.7 Å². The minimum atomic E-state index is -4.68. The first-order valence-electron chi connectivity index (χ1n) is 7.62. The number of rotatable bonds is 7. The van der Waals surface area contributed by atoms with Crippen molar-refractivity contribution < 1.29 is 22.6 Å². The van der Waals surface area contributed by atoms with Crippen molar-refractivity contribution in [2.24, 2.45) is 0 Å². The van der Waals surface area contributed by atoms with Gasteiger partial charge in [0.05, 0.1) is 15.7 Å². The summed E-state index contributed by atoms with van der Waals surface area (Å²) in [5.41, 5.74) is -0.605. The SMILES string of the molecule is CCCOCOCn1c(-c2ccc(Cl)cc2)c(C#N)c(Br)c1C(F)(F)F. The summed E-state index contributed by atoms with van der Waals surface area (Å²) in [5, 5.41) is 9.84. The monoisotopic (exact) mass is 450 g/mol. The van der Waals surface area contributed by atoms with Crippen molar-refractivity contribution in [3.05, 3.63) is 45.0 Å². The van der Waals surface area contributed by atoms with E-state index in [-0.39, 0.29) is 22.5 Å². The van der Waals surface area contributed by atoms with E-state index in [0.29, 0.717) is 17.2 Å². The summed E-state index contributed by atoms with van der Waals surface area (Å²) >= 11 is 8.77. The van der Waals surface area contributed by atoms with Gasteiger partial charge < -0.3 is 14.0 Å². The summed E-state index contributed by atoms with van der Waals surface area (Å²) in [5.74, 6) is 0. The van der Waals surface area contributed by atoms with Gasteiger partial charge in [-0.25, -0.2) is 0 Å². The van der Waals surface area contributed by atoms with E-state index in [1.807, 2.05) is 13.0 Å². The molecule has 4 nitrogen and oxygen atoms in total. The maximum absolute atomic E-state index is 13.6. The third-order valence-electron chi connectivity index (χ3n) is 3.44. The second kappa shape index (κ2) is 8.91. The molecule has 0 radical (unpaired) electrons. The van der Waals surface area contributed by atoms with Crippen molar-refractivity contribution >= 4 is 27.5 Å². The summed E-state index contributed by atoms with van der Waals surface area (Å²) in [6.45, 7) is 1.78. The number of nitriles is 1. The molecule has 2 aromatic rings. The van der Waals surface area contributed by atoms with E-state index in [4.69, 9.17) is 21.1 Å². The lowest BCUT2D eigenvalue weighted by Crippen LogP contribution is -2.17. The normalized spacial score (nSPS) is 11.6. The lowest BCUT2D eigenvalue weighted by Gasteiger charge is -2.16. The zero-order chi connectivity index (χ0) is 19.3. The number of hydrogen-bond acceptors (Lipinski definition) is 3. The predicted octanol–water partition coefficient (Wildman–Crippen LogP) is 5.82. The molecule has 0 atom stereocenters. The molecule has 0 amide bonds. The molecular formula is C17H15BrClF3N2O2. The average Bonchev–Trinajstić information content (AvgIpc) is 2.87. The van der Waals surface area contributed by atoms with Crippen LogP contribution in [0.3, 0.4) is 0 Å². The number of hydrogen-bond donors (Lipinski definition) is 0. The van der Waals surface area contributed by atoms with Crippen LogP contribution in [-0.4, -0.2) is 18.0 Å².